The number of carbonyl (C=O) groups excluding carboxylic acids is 2. The number of benzene rings is 1. The van der Waals surface area contributed by atoms with Gasteiger partial charge in [-0.2, -0.15) is 0 Å². The van der Waals surface area contributed by atoms with E-state index in [0.717, 1.165) is 0 Å². The molecule has 1 aromatic rings. The zero-order chi connectivity index (χ0) is 21.6. The number of rotatable bonds is 9. The number of carbonyl (C=O) groups is 3. The molecule has 2 amide bonds. The minimum Gasteiger partial charge on any atom is -0.496 e. The Kier molecular flexibility index (Phi) is 8.47. The van der Waals surface area contributed by atoms with Crippen LogP contribution in [0, 0.1) is 5.92 Å². The zero-order valence-corrected chi connectivity index (χ0v) is 17.8. The summed E-state index contributed by atoms with van der Waals surface area (Å²) in [6, 6.07) is 3.63. The first-order valence-corrected chi connectivity index (χ1v) is 9.59. The molecule has 0 spiro atoms. The summed E-state index contributed by atoms with van der Waals surface area (Å²) in [6.07, 6.45) is 0.613. The fourth-order valence-electron chi connectivity index (χ4n) is 3.13. The van der Waals surface area contributed by atoms with Crippen LogP contribution in [0.4, 0.5) is 0 Å². The van der Waals surface area contributed by atoms with Gasteiger partial charge in [0.1, 0.15) is 11.8 Å². The van der Waals surface area contributed by atoms with Crippen molar-refractivity contribution in [1.82, 2.24) is 10.2 Å². The average molecular weight is 392 g/mol. The molecule has 0 aliphatic carbocycles. The molecule has 0 saturated heterocycles. The van der Waals surface area contributed by atoms with Crippen LogP contribution in [-0.4, -0.2) is 53.0 Å². The Balaban J connectivity index is 3.18. The van der Waals surface area contributed by atoms with Crippen LogP contribution in [0.5, 0.6) is 5.75 Å². The molecule has 0 bridgehead atoms. The Morgan fingerprint density at radius 1 is 1.11 bits per heavy atom. The molecule has 0 fully saturated rings. The van der Waals surface area contributed by atoms with E-state index in [4.69, 9.17) is 4.74 Å². The van der Waals surface area contributed by atoms with E-state index in [9.17, 15) is 19.5 Å². The first-order valence-electron chi connectivity index (χ1n) is 9.59. The molecule has 7 nitrogen and oxygen atoms in total. The van der Waals surface area contributed by atoms with Crippen molar-refractivity contribution < 1.29 is 24.2 Å². The Bertz CT molecular complexity index is 707. The van der Waals surface area contributed by atoms with Gasteiger partial charge in [-0.1, -0.05) is 20.3 Å². The van der Waals surface area contributed by atoms with Crippen LogP contribution >= 0.6 is 0 Å². The normalized spacial score (nSPS) is 13.2. The standard InChI is InChI=1S/C21H32N2O5/c1-8-14(6)18(21(26)27)22-19(24)16-10-9-15(11-17(16)28-7)20(25)23(12(2)3)13(4)5/h9-14,18H,8H2,1-7H3,(H,22,24)(H,26,27)/t14-,18+/m1/s1. The molecular weight excluding hydrogens is 360 g/mol. The van der Waals surface area contributed by atoms with Crippen LogP contribution in [0.15, 0.2) is 18.2 Å². The molecule has 2 N–H and O–H groups in total. The number of ether oxygens (including phenoxy) is 1. The average Bonchev–Trinajstić information content (AvgIpc) is 2.63. The summed E-state index contributed by atoms with van der Waals surface area (Å²) in [6.45, 7) is 11.4. The molecule has 1 aromatic carbocycles. The van der Waals surface area contributed by atoms with Gasteiger partial charge in [0.15, 0.2) is 0 Å². The Hall–Kier alpha value is -2.57. The highest BCUT2D eigenvalue weighted by Gasteiger charge is 2.28. The monoisotopic (exact) mass is 392 g/mol. The molecule has 0 saturated carbocycles. The van der Waals surface area contributed by atoms with Crippen molar-refractivity contribution in [3.05, 3.63) is 29.3 Å². The lowest BCUT2D eigenvalue weighted by Gasteiger charge is -2.31. The predicted octanol–water partition coefficient (Wildman–Crippen LogP) is 3.18. The van der Waals surface area contributed by atoms with Gasteiger partial charge in [-0.3, -0.25) is 9.59 Å². The molecule has 0 unspecified atom stereocenters. The van der Waals surface area contributed by atoms with Crippen molar-refractivity contribution in [3.63, 3.8) is 0 Å². The third-order valence-corrected chi connectivity index (χ3v) is 4.81. The lowest BCUT2D eigenvalue weighted by molar-refractivity contribution is -0.140. The van der Waals surface area contributed by atoms with Crippen molar-refractivity contribution in [1.29, 1.82) is 0 Å². The van der Waals surface area contributed by atoms with Gasteiger partial charge in [-0.25, -0.2) is 4.79 Å². The van der Waals surface area contributed by atoms with Crippen molar-refractivity contribution in [2.75, 3.05) is 7.11 Å². The van der Waals surface area contributed by atoms with E-state index >= 15 is 0 Å². The highest BCUT2D eigenvalue weighted by atomic mass is 16.5. The first-order chi connectivity index (χ1) is 13.0. The maximum absolute atomic E-state index is 12.9. The maximum atomic E-state index is 12.9. The number of nitrogens with zero attached hydrogens (tertiary/aromatic N) is 1. The van der Waals surface area contributed by atoms with Crippen molar-refractivity contribution in [2.45, 2.75) is 66.1 Å². The lowest BCUT2D eigenvalue weighted by Crippen LogP contribution is -2.45. The third-order valence-electron chi connectivity index (χ3n) is 4.81. The number of hydrogen-bond acceptors (Lipinski definition) is 4. The molecule has 0 heterocycles. The number of carboxylic acid groups (broad SMARTS) is 1. The molecule has 156 valence electrons. The molecule has 0 aliphatic heterocycles. The fraction of sp³-hybridized carbons (Fsp3) is 0.571. The fourth-order valence-corrected chi connectivity index (χ4v) is 3.13. The largest absolute Gasteiger partial charge is 0.496 e. The van der Waals surface area contributed by atoms with Gasteiger partial charge < -0.3 is 20.1 Å². The molecule has 0 aromatic heterocycles. The number of aliphatic carboxylic acids is 1. The number of nitrogens with one attached hydrogen (secondary N) is 1. The van der Waals surface area contributed by atoms with Gasteiger partial charge in [0.2, 0.25) is 0 Å². The topological polar surface area (TPSA) is 95.9 Å². The lowest BCUT2D eigenvalue weighted by atomic mass is 9.98. The summed E-state index contributed by atoms with van der Waals surface area (Å²) in [5.41, 5.74) is 0.599. The third kappa shape index (κ3) is 5.47. The van der Waals surface area contributed by atoms with E-state index in [0.29, 0.717) is 12.0 Å². The van der Waals surface area contributed by atoms with Crippen LogP contribution in [0.1, 0.15) is 68.7 Å². The van der Waals surface area contributed by atoms with Gasteiger partial charge >= 0.3 is 5.97 Å². The van der Waals surface area contributed by atoms with Gasteiger partial charge in [0.05, 0.1) is 12.7 Å². The van der Waals surface area contributed by atoms with Crippen molar-refractivity contribution in [3.8, 4) is 5.75 Å². The van der Waals surface area contributed by atoms with Gasteiger partial charge in [-0.15, -0.1) is 0 Å². The van der Waals surface area contributed by atoms with E-state index in [1.807, 2.05) is 34.6 Å². The number of amides is 2. The van der Waals surface area contributed by atoms with E-state index in [2.05, 4.69) is 5.32 Å². The van der Waals surface area contributed by atoms with Crippen LogP contribution < -0.4 is 10.1 Å². The minimum absolute atomic E-state index is 0.0216. The van der Waals surface area contributed by atoms with Crippen LogP contribution in [0.2, 0.25) is 0 Å². The number of carboxylic acids is 1. The summed E-state index contributed by atoms with van der Waals surface area (Å²) < 4.78 is 5.31. The van der Waals surface area contributed by atoms with E-state index < -0.39 is 17.9 Å². The molecular formula is C21H32N2O5. The molecule has 0 aliphatic rings. The zero-order valence-electron chi connectivity index (χ0n) is 17.8. The SMILES string of the molecule is CC[C@@H](C)[C@H](NC(=O)c1ccc(C(=O)N(C(C)C)C(C)C)cc1OC)C(=O)O. The van der Waals surface area contributed by atoms with Crippen molar-refractivity contribution in [2.24, 2.45) is 5.92 Å². The van der Waals surface area contributed by atoms with Crippen molar-refractivity contribution >= 4 is 17.8 Å². The molecule has 0 radical (unpaired) electrons. The van der Waals surface area contributed by atoms with Crippen LogP contribution in [0.3, 0.4) is 0 Å². The highest BCUT2D eigenvalue weighted by molar-refractivity contribution is 6.01. The number of hydrogen-bond donors (Lipinski definition) is 2. The summed E-state index contributed by atoms with van der Waals surface area (Å²) >= 11 is 0. The van der Waals surface area contributed by atoms with Gasteiger partial charge in [-0.05, 0) is 51.8 Å². The molecule has 1 rings (SSSR count). The minimum atomic E-state index is -1.09. The van der Waals surface area contributed by atoms with E-state index in [1.165, 1.54) is 19.2 Å². The second-order valence-electron chi connectivity index (χ2n) is 7.49. The van der Waals surface area contributed by atoms with E-state index in [1.54, 1.807) is 17.9 Å². The Morgan fingerprint density at radius 3 is 2.11 bits per heavy atom. The summed E-state index contributed by atoms with van der Waals surface area (Å²) in [4.78, 5) is 38.7. The maximum Gasteiger partial charge on any atom is 0.326 e. The summed E-state index contributed by atoms with van der Waals surface area (Å²) in [7, 11) is 1.41. The van der Waals surface area contributed by atoms with Gasteiger partial charge in [0, 0.05) is 17.6 Å². The second kappa shape index (κ2) is 10.1. The first kappa shape index (κ1) is 23.5. The predicted molar refractivity (Wildman–Crippen MR) is 108 cm³/mol. The molecule has 7 heteroatoms. The molecule has 2 atom stereocenters. The van der Waals surface area contributed by atoms with Gasteiger partial charge in [0.25, 0.3) is 11.8 Å². The quantitative estimate of drug-likeness (QED) is 0.673. The Morgan fingerprint density at radius 2 is 1.68 bits per heavy atom. The van der Waals surface area contributed by atoms with E-state index in [-0.39, 0.29) is 35.2 Å². The highest BCUT2D eigenvalue weighted by Crippen LogP contribution is 2.23. The smallest absolute Gasteiger partial charge is 0.326 e. The Labute approximate surface area is 167 Å². The second-order valence-corrected chi connectivity index (χ2v) is 7.49. The van der Waals surface area contributed by atoms with Crippen LogP contribution in [0.25, 0.3) is 0 Å². The number of methoxy groups -OCH3 is 1. The summed E-state index contributed by atoms with van der Waals surface area (Å²) in [5, 5.41) is 11.9. The summed E-state index contributed by atoms with van der Waals surface area (Å²) in [5.74, 6) is -1.78. The van der Waals surface area contributed by atoms with Crippen LogP contribution in [-0.2, 0) is 4.79 Å². The molecule has 28 heavy (non-hydrogen) atoms.